The van der Waals surface area contributed by atoms with E-state index in [1.807, 2.05) is 28.1 Å². The number of aromatic nitrogens is 1. The number of carbonyl (C=O) groups excluding carboxylic acids is 3. The minimum absolute atomic E-state index is 0.0148. The second-order valence-corrected chi connectivity index (χ2v) is 8.34. The van der Waals surface area contributed by atoms with Crippen LogP contribution in [0.1, 0.15) is 31.2 Å². The van der Waals surface area contributed by atoms with Crippen LogP contribution in [-0.2, 0) is 20.7 Å². The number of hydrogen-bond donors (Lipinski definition) is 0. The summed E-state index contributed by atoms with van der Waals surface area (Å²) in [5, 5.41) is 0. The first-order valence-electron chi connectivity index (χ1n) is 10.4. The fraction of sp³-hybridized carbons (Fsp3) is 0.619. The van der Waals surface area contributed by atoms with Crippen molar-refractivity contribution in [1.82, 2.24) is 19.7 Å². The Hall–Kier alpha value is -2.64. The summed E-state index contributed by atoms with van der Waals surface area (Å²) in [5.74, 6) is 0.213. The first-order valence-corrected chi connectivity index (χ1v) is 10.4. The van der Waals surface area contributed by atoms with Gasteiger partial charge in [-0.05, 0) is 42.7 Å². The maximum Gasteiger partial charge on any atom is 0.410 e. The highest BCUT2D eigenvalue weighted by atomic mass is 16.6. The van der Waals surface area contributed by atoms with Gasteiger partial charge in [-0.2, -0.15) is 0 Å². The van der Waals surface area contributed by atoms with Crippen molar-refractivity contribution in [2.24, 2.45) is 5.41 Å². The Labute approximate surface area is 170 Å². The molecule has 0 unspecified atom stereocenters. The number of carbonyl (C=O) groups is 3. The van der Waals surface area contributed by atoms with Crippen LogP contribution in [0.15, 0.2) is 24.5 Å². The molecule has 0 radical (unpaired) electrons. The molecule has 8 heteroatoms. The van der Waals surface area contributed by atoms with E-state index in [2.05, 4.69) is 4.98 Å². The van der Waals surface area contributed by atoms with Crippen molar-refractivity contribution in [2.75, 3.05) is 45.9 Å². The predicted molar refractivity (Wildman–Crippen MR) is 105 cm³/mol. The van der Waals surface area contributed by atoms with Crippen molar-refractivity contribution in [1.29, 1.82) is 0 Å². The first kappa shape index (κ1) is 19.7. The van der Waals surface area contributed by atoms with Gasteiger partial charge in [0.15, 0.2) is 0 Å². The molecule has 0 atom stereocenters. The maximum absolute atomic E-state index is 12.6. The largest absolute Gasteiger partial charge is 0.448 e. The number of rotatable bonds is 5. The molecule has 3 saturated heterocycles. The number of cyclic esters (lactones) is 1. The first-order chi connectivity index (χ1) is 14.0. The predicted octanol–water partition coefficient (Wildman–Crippen LogP) is 1.31. The van der Waals surface area contributed by atoms with Crippen LogP contribution < -0.4 is 0 Å². The van der Waals surface area contributed by atoms with Crippen molar-refractivity contribution in [3.05, 3.63) is 30.1 Å². The van der Waals surface area contributed by atoms with Crippen LogP contribution in [0, 0.1) is 5.41 Å². The summed E-state index contributed by atoms with van der Waals surface area (Å²) in [6.07, 6.45) is 7.31. The van der Waals surface area contributed by atoms with Crippen LogP contribution in [0.3, 0.4) is 0 Å². The lowest BCUT2D eigenvalue weighted by Crippen LogP contribution is -2.53. The van der Waals surface area contributed by atoms with Gasteiger partial charge in [-0.3, -0.25) is 19.5 Å². The van der Waals surface area contributed by atoms with Gasteiger partial charge in [-0.1, -0.05) is 6.07 Å². The number of piperidine rings is 2. The molecule has 3 aliphatic rings. The van der Waals surface area contributed by atoms with Crippen LogP contribution >= 0.6 is 0 Å². The van der Waals surface area contributed by atoms with Crippen molar-refractivity contribution in [2.45, 2.75) is 32.1 Å². The Morgan fingerprint density at radius 3 is 2.66 bits per heavy atom. The lowest BCUT2D eigenvalue weighted by atomic mass is 9.72. The van der Waals surface area contributed by atoms with Gasteiger partial charge in [0, 0.05) is 45.0 Å². The summed E-state index contributed by atoms with van der Waals surface area (Å²) in [5.41, 5.74) is 1.24. The van der Waals surface area contributed by atoms with E-state index in [-0.39, 0.29) is 23.8 Å². The lowest BCUT2D eigenvalue weighted by molar-refractivity contribution is -0.142. The summed E-state index contributed by atoms with van der Waals surface area (Å²) >= 11 is 0. The standard InChI is InChI=1S/C21H28N4O4/c26-18-3-5-21(16-25(18)9-4-17-2-1-8-22-14-17)6-10-23(11-7-21)19(27)15-24-12-13-29-20(24)28/h1-2,8,14H,3-7,9-13,15-16H2. The zero-order chi connectivity index (χ0) is 20.3. The maximum atomic E-state index is 12.6. The van der Waals surface area contributed by atoms with Crippen molar-refractivity contribution < 1.29 is 19.1 Å². The van der Waals surface area contributed by atoms with Gasteiger partial charge < -0.3 is 14.5 Å². The Morgan fingerprint density at radius 2 is 1.97 bits per heavy atom. The van der Waals surface area contributed by atoms with Crippen molar-refractivity contribution in [3.8, 4) is 0 Å². The van der Waals surface area contributed by atoms with Crippen LogP contribution in [0.25, 0.3) is 0 Å². The van der Waals surface area contributed by atoms with E-state index < -0.39 is 6.09 Å². The number of pyridine rings is 1. The minimum atomic E-state index is -0.401. The van der Waals surface area contributed by atoms with Gasteiger partial charge >= 0.3 is 6.09 Å². The van der Waals surface area contributed by atoms with Gasteiger partial charge in [0.1, 0.15) is 13.2 Å². The van der Waals surface area contributed by atoms with Gasteiger partial charge in [0.25, 0.3) is 0 Å². The summed E-state index contributed by atoms with van der Waals surface area (Å²) in [7, 11) is 0. The molecule has 1 aromatic rings. The SMILES string of the molecule is O=C(CN1CCOC1=O)N1CCC2(CCC(=O)N(CCc3cccnc3)C2)CC1. The van der Waals surface area contributed by atoms with E-state index in [0.717, 1.165) is 37.8 Å². The highest BCUT2D eigenvalue weighted by molar-refractivity contribution is 5.83. The molecule has 29 heavy (non-hydrogen) atoms. The van der Waals surface area contributed by atoms with Crippen LogP contribution in [0.2, 0.25) is 0 Å². The third-order valence-corrected chi connectivity index (χ3v) is 6.49. The topological polar surface area (TPSA) is 83.0 Å². The molecule has 0 aromatic carbocycles. The Kier molecular flexibility index (Phi) is 5.69. The third-order valence-electron chi connectivity index (χ3n) is 6.49. The molecule has 0 aliphatic carbocycles. The Balaban J connectivity index is 1.29. The average Bonchev–Trinajstić information content (AvgIpc) is 3.14. The van der Waals surface area contributed by atoms with Gasteiger partial charge in [0.2, 0.25) is 11.8 Å². The number of nitrogens with zero attached hydrogens (tertiary/aromatic N) is 4. The summed E-state index contributed by atoms with van der Waals surface area (Å²) < 4.78 is 4.90. The zero-order valence-electron chi connectivity index (χ0n) is 16.7. The van der Waals surface area contributed by atoms with E-state index in [4.69, 9.17) is 4.74 Å². The minimum Gasteiger partial charge on any atom is -0.448 e. The molecular weight excluding hydrogens is 372 g/mol. The molecule has 1 aromatic heterocycles. The van der Waals surface area contributed by atoms with E-state index in [9.17, 15) is 14.4 Å². The molecule has 0 N–H and O–H groups in total. The van der Waals surface area contributed by atoms with Gasteiger partial charge in [-0.15, -0.1) is 0 Å². The van der Waals surface area contributed by atoms with E-state index >= 15 is 0 Å². The molecule has 4 rings (SSSR count). The van der Waals surface area contributed by atoms with Gasteiger partial charge in [0.05, 0.1) is 6.54 Å². The molecule has 3 fully saturated rings. The van der Waals surface area contributed by atoms with Crippen LogP contribution in [0.5, 0.6) is 0 Å². The molecule has 1 spiro atoms. The molecule has 4 heterocycles. The Bertz CT molecular complexity index is 761. The fourth-order valence-electron chi connectivity index (χ4n) is 4.59. The second-order valence-electron chi connectivity index (χ2n) is 8.34. The monoisotopic (exact) mass is 400 g/mol. The van der Waals surface area contributed by atoms with E-state index in [1.54, 1.807) is 6.20 Å². The Morgan fingerprint density at radius 1 is 1.14 bits per heavy atom. The molecule has 156 valence electrons. The summed E-state index contributed by atoms with van der Waals surface area (Å²) in [4.78, 5) is 46.0. The molecule has 3 aliphatic heterocycles. The highest BCUT2D eigenvalue weighted by Crippen LogP contribution is 2.40. The van der Waals surface area contributed by atoms with Crippen molar-refractivity contribution >= 4 is 17.9 Å². The lowest BCUT2D eigenvalue weighted by Gasteiger charge is -2.47. The van der Waals surface area contributed by atoms with E-state index in [1.165, 1.54) is 4.90 Å². The van der Waals surface area contributed by atoms with Crippen molar-refractivity contribution in [3.63, 3.8) is 0 Å². The fourth-order valence-corrected chi connectivity index (χ4v) is 4.59. The molecule has 8 nitrogen and oxygen atoms in total. The van der Waals surface area contributed by atoms with Crippen LogP contribution in [0.4, 0.5) is 4.79 Å². The molecule has 0 saturated carbocycles. The molecule has 0 bridgehead atoms. The normalized spacial score (nSPS) is 21.6. The highest BCUT2D eigenvalue weighted by Gasteiger charge is 2.41. The summed E-state index contributed by atoms with van der Waals surface area (Å²) in [6.45, 7) is 3.80. The molecule has 3 amide bonds. The van der Waals surface area contributed by atoms with Crippen LogP contribution in [-0.4, -0.2) is 83.5 Å². The number of hydrogen-bond acceptors (Lipinski definition) is 5. The number of amides is 3. The average molecular weight is 400 g/mol. The van der Waals surface area contributed by atoms with Gasteiger partial charge in [-0.25, -0.2) is 4.79 Å². The number of ether oxygens (including phenoxy) is 1. The smallest absolute Gasteiger partial charge is 0.410 e. The number of likely N-dealkylation sites (tertiary alicyclic amines) is 2. The van der Waals surface area contributed by atoms with E-state index in [0.29, 0.717) is 39.2 Å². The summed E-state index contributed by atoms with van der Waals surface area (Å²) in [6, 6.07) is 3.96. The second kappa shape index (κ2) is 8.39. The zero-order valence-corrected chi connectivity index (χ0v) is 16.7. The quantitative estimate of drug-likeness (QED) is 0.744. The third kappa shape index (κ3) is 4.52. The molecular formula is C21H28N4O4.